The summed E-state index contributed by atoms with van der Waals surface area (Å²) in [6, 6.07) is 0. The Balaban J connectivity index is 0. The van der Waals surface area contributed by atoms with Crippen LogP contribution in [0, 0.1) is 0 Å². The van der Waals surface area contributed by atoms with E-state index in [-0.39, 0.29) is 51.4 Å². The van der Waals surface area contributed by atoms with E-state index in [2.05, 4.69) is 4.18 Å². The van der Waals surface area contributed by atoms with Gasteiger partial charge >= 0.3 is 67.0 Å². The van der Waals surface area contributed by atoms with E-state index in [1.54, 1.807) is 0 Å². The fraction of sp³-hybridized carbons (Fsp3) is 1.00. The fourth-order valence-electron chi connectivity index (χ4n) is 0.222. The van der Waals surface area contributed by atoms with E-state index in [1.807, 2.05) is 0 Å². The van der Waals surface area contributed by atoms with Crippen LogP contribution >= 0.6 is 0 Å². The van der Waals surface area contributed by atoms with Gasteiger partial charge in [0.05, 0.1) is 6.61 Å². The molecule has 0 aliphatic heterocycles. The Morgan fingerprint density at radius 3 is 1.82 bits per heavy atom. The molecule has 3 nitrogen and oxygen atoms in total. The summed E-state index contributed by atoms with van der Waals surface area (Å²) in [6.07, 6.45) is 0. The van der Waals surface area contributed by atoms with E-state index in [4.69, 9.17) is 0 Å². The Hall–Kier alpha value is 1.34. The molecule has 0 aliphatic carbocycles. The molecule has 64 valence electrons. The third-order valence-corrected chi connectivity index (χ3v) is 1.67. The summed E-state index contributed by atoms with van der Waals surface area (Å²) in [4.78, 5) is 0. The molecular weight excluding hydrogens is 212 g/mol. The number of rotatable bonds is 2. The van der Waals surface area contributed by atoms with Gasteiger partial charge in [0.1, 0.15) is 0 Å². The molecule has 0 atom stereocenters. The average Bonchev–Trinajstić information content (AvgIpc) is 1.61. The molecule has 11 heavy (non-hydrogen) atoms. The van der Waals surface area contributed by atoms with E-state index in [9.17, 15) is 21.6 Å². The Kier molecular flexibility index (Phi) is 6.95. The molecule has 0 aromatic rings. The van der Waals surface area contributed by atoms with E-state index in [0.717, 1.165) is 6.92 Å². The van der Waals surface area contributed by atoms with Crippen molar-refractivity contribution in [1.82, 2.24) is 0 Å². The monoisotopic (exact) mass is 218 g/mol. The first kappa shape index (κ1) is 14.8. The van der Waals surface area contributed by atoms with Crippen LogP contribution in [0.2, 0.25) is 0 Å². The first-order valence-electron chi connectivity index (χ1n) is 2.27. The molecule has 0 radical (unpaired) electrons. The predicted octanol–water partition coefficient (Wildman–Crippen LogP) is 0.224. The van der Waals surface area contributed by atoms with Crippen molar-refractivity contribution >= 4 is 61.5 Å². The van der Waals surface area contributed by atoms with Crippen molar-refractivity contribution in [2.45, 2.75) is 12.4 Å². The van der Waals surface area contributed by atoms with Crippen LogP contribution in [-0.2, 0) is 14.3 Å². The van der Waals surface area contributed by atoms with E-state index in [0.29, 0.717) is 0 Å². The average molecular weight is 218 g/mol. The molecule has 0 saturated heterocycles. The third kappa shape index (κ3) is 4.81. The van der Waals surface area contributed by atoms with Gasteiger partial charge in [-0.2, -0.15) is 21.6 Å². The zero-order valence-corrected chi connectivity index (χ0v) is 5.79. The van der Waals surface area contributed by atoms with E-state index in [1.165, 1.54) is 0 Å². The Morgan fingerprint density at radius 2 is 1.73 bits per heavy atom. The molecule has 8 heteroatoms. The van der Waals surface area contributed by atoms with Gasteiger partial charge in [-0.1, -0.05) is 0 Å². The van der Waals surface area contributed by atoms with Crippen molar-refractivity contribution in [2.24, 2.45) is 0 Å². The van der Waals surface area contributed by atoms with Gasteiger partial charge in [0.2, 0.25) is 0 Å². The summed E-state index contributed by atoms with van der Waals surface area (Å²) in [5, 5.41) is 0. The molecular formula is C3H6F3KO3S. The zero-order valence-electron chi connectivity index (χ0n) is 4.97. The van der Waals surface area contributed by atoms with Crippen LogP contribution in [0.3, 0.4) is 0 Å². The first-order valence-corrected chi connectivity index (χ1v) is 3.68. The third-order valence-electron chi connectivity index (χ3n) is 0.556. The summed E-state index contributed by atoms with van der Waals surface area (Å²) >= 11 is 0. The number of alkyl halides is 3. The summed E-state index contributed by atoms with van der Waals surface area (Å²) < 4.78 is 57.2. The molecule has 0 N–H and O–H groups in total. The van der Waals surface area contributed by atoms with Crippen LogP contribution in [0.15, 0.2) is 0 Å². The van der Waals surface area contributed by atoms with Gasteiger partial charge in [0.15, 0.2) is 0 Å². The van der Waals surface area contributed by atoms with Crippen LogP contribution in [-0.4, -0.2) is 71.9 Å². The molecule has 0 fully saturated rings. The first-order chi connectivity index (χ1) is 4.31. The van der Waals surface area contributed by atoms with Gasteiger partial charge < -0.3 is 0 Å². The van der Waals surface area contributed by atoms with Crippen molar-refractivity contribution < 1.29 is 25.8 Å². The van der Waals surface area contributed by atoms with Crippen LogP contribution in [0.25, 0.3) is 0 Å². The van der Waals surface area contributed by atoms with Crippen molar-refractivity contribution in [3.63, 3.8) is 0 Å². The number of hydrogen-bond donors (Lipinski definition) is 0. The second-order valence-corrected chi connectivity index (χ2v) is 2.91. The summed E-state index contributed by atoms with van der Waals surface area (Å²) in [7, 11) is -5.35. The van der Waals surface area contributed by atoms with E-state index < -0.39 is 22.2 Å². The molecule has 0 saturated carbocycles. The summed E-state index contributed by atoms with van der Waals surface area (Å²) in [6.45, 7) is 0.644. The molecule has 0 spiro atoms. The minimum atomic E-state index is -5.35. The zero-order chi connectivity index (χ0) is 8.41. The SMILES string of the molecule is CCOS(=O)(=O)C(F)(F)F.[KH]. The molecule has 0 unspecified atom stereocenters. The second kappa shape index (κ2) is 5.15. The summed E-state index contributed by atoms with van der Waals surface area (Å²) in [5.74, 6) is 0. The van der Waals surface area contributed by atoms with Crippen molar-refractivity contribution in [2.75, 3.05) is 6.61 Å². The maximum atomic E-state index is 11.3. The standard InChI is InChI=1S/C3H5F3O3S.K.H/c1-2-9-10(7,8)3(4,5)6;;/h2H2,1H3;;. The summed E-state index contributed by atoms with van der Waals surface area (Å²) in [5.41, 5.74) is -5.30. The molecule has 0 heterocycles. The molecule has 0 bridgehead atoms. The van der Waals surface area contributed by atoms with Gasteiger partial charge in [-0.15, -0.1) is 0 Å². The topological polar surface area (TPSA) is 43.4 Å². The molecule has 0 aliphatic rings. The normalized spacial score (nSPS) is 12.4. The van der Waals surface area contributed by atoms with E-state index >= 15 is 0 Å². The Bertz CT molecular complexity index is 196. The molecule has 0 rings (SSSR count). The minimum absolute atomic E-state index is 0. The van der Waals surface area contributed by atoms with Crippen molar-refractivity contribution in [1.29, 1.82) is 0 Å². The van der Waals surface area contributed by atoms with Crippen LogP contribution < -0.4 is 0 Å². The Morgan fingerprint density at radius 1 is 1.36 bits per heavy atom. The number of hydrogen-bond acceptors (Lipinski definition) is 3. The van der Waals surface area contributed by atoms with Crippen molar-refractivity contribution in [3.05, 3.63) is 0 Å². The number of halogens is 3. The van der Waals surface area contributed by atoms with Gasteiger partial charge in [-0.3, -0.25) is 4.18 Å². The molecule has 0 amide bonds. The fourth-order valence-corrected chi connectivity index (χ4v) is 0.666. The Labute approximate surface area is 105 Å². The van der Waals surface area contributed by atoms with Crippen LogP contribution in [0.5, 0.6) is 0 Å². The maximum absolute atomic E-state index is 11.3. The van der Waals surface area contributed by atoms with Gasteiger partial charge in [-0.25, -0.2) is 0 Å². The van der Waals surface area contributed by atoms with Gasteiger partial charge in [0.25, 0.3) is 0 Å². The van der Waals surface area contributed by atoms with Crippen molar-refractivity contribution in [3.8, 4) is 0 Å². The molecule has 0 aromatic heterocycles. The van der Waals surface area contributed by atoms with Crippen LogP contribution in [0.1, 0.15) is 6.92 Å². The van der Waals surface area contributed by atoms with Gasteiger partial charge in [0, 0.05) is 0 Å². The van der Waals surface area contributed by atoms with Gasteiger partial charge in [-0.05, 0) is 6.92 Å². The van der Waals surface area contributed by atoms with Crippen LogP contribution in [0.4, 0.5) is 13.2 Å². The second-order valence-electron chi connectivity index (χ2n) is 1.31. The molecule has 0 aromatic carbocycles. The quantitative estimate of drug-likeness (QED) is 0.378. The predicted molar refractivity (Wildman–Crippen MR) is 33.7 cm³/mol.